The lowest BCUT2D eigenvalue weighted by molar-refractivity contribution is 0.0954. The first-order chi connectivity index (χ1) is 9.22. The van der Waals surface area contributed by atoms with Crippen LogP contribution in [0.4, 0.5) is 5.82 Å². The lowest BCUT2D eigenvalue weighted by Gasteiger charge is -2.21. The van der Waals surface area contributed by atoms with Crippen LogP contribution in [0.5, 0.6) is 0 Å². The topological polar surface area (TPSA) is 57.3 Å². The lowest BCUT2D eigenvalue weighted by atomic mass is 10.2. The van der Waals surface area contributed by atoms with Crippen LogP contribution in [0.3, 0.4) is 0 Å². The van der Waals surface area contributed by atoms with E-state index in [0.717, 1.165) is 31.9 Å². The molecule has 7 heteroatoms. The molecule has 1 rings (SSSR count). The number of anilines is 1. The van der Waals surface area contributed by atoms with Crippen molar-refractivity contribution in [2.75, 3.05) is 38.1 Å². The van der Waals surface area contributed by atoms with Crippen LogP contribution in [0.25, 0.3) is 0 Å². The molecule has 0 radical (unpaired) electrons. The molecule has 1 heterocycles. The van der Waals surface area contributed by atoms with Crippen molar-refractivity contribution in [2.24, 2.45) is 0 Å². The van der Waals surface area contributed by atoms with Crippen molar-refractivity contribution in [3.63, 3.8) is 0 Å². The van der Waals surface area contributed by atoms with Gasteiger partial charge < -0.3 is 15.5 Å². The second-order valence-electron chi connectivity index (χ2n) is 4.34. The van der Waals surface area contributed by atoms with E-state index >= 15 is 0 Å². The average Bonchev–Trinajstić information content (AvgIpc) is 2.45. The summed E-state index contributed by atoms with van der Waals surface area (Å²) >= 11 is 0. The molecule has 5 nitrogen and oxygen atoms in total. The summed E-state index contributed by atoms with van der Waals surface area (Å²) in [4.78, 5) is 18.4. The van der Waals surface area contributed by atoms with Crippen LogP contribution in [0.1, 0.15) is 30.6 Å². The van der Waals surface area contributed by atoms with Crippen molar-refractivity contribution in [3.05, 3.63) is 23.9 Å². The number of aromatic nitrogens is 1. The maximum atomic E-state index is 11.8. The maximum Gasteiger partial charge on any atom is 0.252 e. The quantitative estimate of drug-likeness (QED) is 0.714. The Morgan fingerprint density at radius 1 is 1.24 bits per heavy atom. The van der Waals surface area contributed by atoms with Crippen molar-refractivity contribution >= 4 is 36.5 Å². The number of hydrogen-bond donors (Lipinski definition) is 2. The Balaban J connectivity index is 0. The Hall–Kier alpha value is -1.04. The van der Waals surface area contributed by atoms with Gasteiger partial charge in [-0.3, -0.25) is 4.79 Å². The minimum absolute atomic E-state index is 0. The molecule has 1 amide bonds. The summed E-state index contributed by atoms with van der Waals surface area (Å²) < 4.78 is 0. The molecule has 0 aliphatic heterocycles. The van der Waals surface area contributed by atoms with Crippen LogP contribution < -0.4 is 15.5 Å². The van der Waals surface area contributed by atoms with Gasteiger partial charge in [0, 0.05) is 32.4 Å². The SMILES string of the molecule is CCCN(CC)c1ccc(C(=O)NCCNC)cn1.Cl.Cl. The summed E-state index contributed by atoms with van der Waals surface area (Å²) in [7, 11) is 1.86. The fourth-order valence-electron chi connectivity index (χ4n) is 1.82. The predicted molar refractivity (Wildman–Crippen MR) is 93.2 cm³/mol. The van der Waals surface area contributed by atoms with E-state index in [1.165, 1.54) is 0 Å². The van der Waals surface area contributed by atoms with Crippen LogP contribution in [0.15, 0.2) is 18.3 Å². The van der Waals surface area contributed by atoms with Crippen LogP contribution in [0, 0.1) is 0 Å². The molecular formula is C14H26Cl2N4O. The molecule has 0 aliphatic carbocycles. The van der Waals surface area contributed by atoms with Crippen LogP contribution in [0.2, 0.25) is 0 Å². The van der Waals surface area contributed by atoms with E-state index in [9.17, 15) is 4.79 Å². The van der Waals surface area contributed by atoms with Gasteiger partial charge >= 0.3 is 0 Å². The number of rotatable bonds is 8. The van der Waals surface area contributed by atoms with E-state index in [1.807, 2.05) is 19.2 Å². The molecule has 21 heavy (non-hydrogen) atoms. The standard InChI is InChI=1S/C14H24N4O.2ClH/c1-4-10-18(5-2)13-7-6-12(11-17-13)14(19)16-9-8-15-3;;/h6-7,11,15H,4-5,8-10H2,1-3H3,(H,16,19);2*1H. The molecule has 1 aromatic rings. The monoisotopic (exact) mass is 336 g/mol. The maximum absolute atomic E-state index is 11.8. The summed E-state index contributed by atoms with van der Waals surface area (Å²) in [5.41, 5.74) is 0.604. The summed E-state index contributed by atoms with van der Waals surface area (Å²) in [6, 6.07) is 3.74. The molecule has 0 spiro atoms. The van der Waals surface area contributed by atoms with Gasteiger partial charge in [0.2, 0.25) is 0 Å². The third kappa shape index (κ3) is 7.50. The smallest absolute Gasteiger partial charge is 0.252 e. The van der Waals surface area contributed by atoms with Gasteiger partial charge in [0.1, 0.15) is 5.82 Å². The van der Waals surface area contributed by atoms with E-state index in [4.69, 9.17) is 0 Å². The number of pyridine rings is 1. The Kier molecular flexibility index (Phi) is 13.4. The Morgan fingerprint density at radius 3 is 2.43 bits per heavy atom. The highest BCUT2D eigenvalue weighted by Crippen LogP contribution is 2.11. The molecule has 2 N–H and O–H groups in total. The van der Waals surface area contributed by atoms with Crippen molar-refractivity contribution < 1.29 is 4.79 Å². The van der Waals surface area contributed by atoms with E-state index in [1.54, 1.807) is 6.20 Å². The number of likely N-dealkylation sites (N-methyl/N-ethyl adjacent to an activating group) is 1. The van der Waals surface area contributed by atoms with E-state index in [2.05, 4.69) is 34.4 Å². The number of hydrogen-bond acceptors (Lipinski definition) is 4. The van der Waals surface area contributed by atoms with Crippen molar-refractivity contribution in [1.29, 1.82) is 0 Å². The number of carbonyl (C=O) groups excluding carboxylic acids is 1. The summed E-state index contributed by atoms with van der Waals surface area (Å²) in [6.45, 7) is 7.54. The number of amides is 1. The van der Waals surface area contributed by atoms with Gasteiger partial charge in [0.05, 0.1) is 5.56 Å². The molecule has 1 aromatic heterocycles. The zero-order valence-corrected chi connectivity index (χ0v) is 14.5. The van der Waals surface area contributed by atoms with Crippen molar-refractivity contribution in [1.82, 2.24) is 15.6 Å². The molecule has 122 valence electrons. The molecule has 0 fully saturated rings. The largest absolute Gasteiger partial charge is 0.357 e. The highest BCUT2D eigenvalue weighted by atomic mass is 35.5. The van der Waals surface area contributed by atoms with Gasteiger partial charge in [-0.05, 0) is 32.5 Å². The highest BCUT2D eigenvalue weighted by molar-refractivity contribution is 5.94. The van der Waals surface area contributed by atoms with Gasteiger partial charge in [0.15, 0.2) is 0 Å². The Labute approximate surface area is 139 Å². The molecule has 0 saturated carbocycles. The first kappa shape index (κ1) is 22.2. The number of nitrogens with one attached hydrogen (secondary N) is 2. The number of carbonyl (C=O) groups is 1. The number of nitrogens with zero attached hydrogens (tertiary/aromatic N) is 2. The van der Waals surface area contributed by atoms with Crippen LogP contribution >= 0.6 is 24.8 Å². The fourth-order valence-corrected chi connectivity index (χ4v) is 1.82. The molecule has 0 aromatic carbocycles. The zero-order chi connectivity index (χ0) is 14.1. The summed E-state index contributed by atoms with van der Waals surface area (Å²) in [6.07, 6.45) is 2.73. The van der Waals surface area contributed by atoms with Crippen molar-refractivity contribution in [2.45, 2.75) is 20.3 Å². The van der Waals surface area contributed by atoms with Gasteiger partial charge in [-0.25, -0.2) is 4.98 Å². The zero-order valence-electron chi connectivity index (χ0n) is 12.9. The minimum Gasteiger partial charge on any atom is -0.357 e. The van der Waals surface area contributed by atoms with Gasteiger partial charge in [0.25, 0.3) is 5.91 Å². The van der Waals surface area contributed by atoms with Crippen LogP contribution in [-0.2, 0) is 0 Å². The van der Waals surface area contributed by atoms with E-state index in [0.29, 0.717) is 12.1 Å². The molecule has 0 saturated heterocycles. The Morgan fingerprint density at radius 2 is 1.95 bits per heavy atom. The number of halogens is 2. The molecule has 0 bridgehead atoms. The van der Waals surface area contributed by atoms with Crippen LogP contribution in [-0.4, -0.2) is 44.1 Å². The molecular weight excluding hydrogens is 311 g/mol. The normalized spacial score (nSPS) is 9.29. The summed E-state index contributed by atoms with van der Waals surface area (Å²) in [5, 5.41) is 5.82. The Bertz CT molecular complexity index is 387. The van der Waals surface area contributed by atoms with E-state index < -0.39 is 0 Å². The van der Waals surface area contributed by atoms with Gasteiger partial charge in [-0.1, -0.05) is 6.92 Å². The fraction of sp³-hybridized carbons (Fsp3) is 0.571. The summed E-state index contributed by atoms with van der Waals surface area (Å²) in [5.74, 6) is 0.851. The second-order valence-corrected chi connectivity index (χ2v) is 4.34. The molecule has 0 aliphatic rings. The molecule has 0 unspecified atom stereocenters. The minimum atomic E-state index is -0.0761. The average molecular weight is 337 g/mol. The van der Waals surface area contributed by atoms with E-state index in [-0.39, 0.29) is 30.7 Å². The van der Waals surface area contributed by atoms with Gasteiger partial charge in [-0.15, -0.1) is 24.8 Å². The van der Waals surface area contributed by atoms with Crippen molar-refractivity contribution in [3.8, 4) is 0 Å². The second kappa shape index (κ2) is 12.7. The highest BCUT2D eigenvalue weighted by Gasteiger charge is 2.08. The predicted octanol–water partition coefficient (Wildman–Crippen LogP) is 2.11. The first-order valence-electron chi connectivity index (χ1n) is 6.86. The van der Waals surface area contributed by atoms with Gasteiger partial charge in [-0.2, -0.15) is 0 Å². The third-order valence-corrected chi connectivity index (χ3v) is 2.87. The third-order valence-electron chi connectivity index (χ3n) is 2.87. The first-order valence-corrected chi connectivity index (χ1v) is 6.86. The lowest BCUT2D eigenvalue weighted by Crippen LogP contribution is -2.30. The molecule has 0 atom stereocenters.